The van der Waals surface area contributed by atoms with Crippen molar-refractivity contribution in [3.05, 3.63) is 35.4 Å². The van der Waals surface area contributed by atoms with E-state index >= 15 is 0 Å². The van der Waals surface area contributed by atoms with Crippen molar-refractivity contribution in [1.29, 1.82) is 0 Å². The second kappa shape index (κ2) is 9.82. The molecule has 14 nitrogen and oxygen atoms in total. The van der Waals surface area contributed by atoms with Crippen molar-refractivity contribution < 1.29 is 69.4 Å². The number of rotatable bonds is 6. The van der Waals surface area contributed by atoms with E-state index in [0.717, 1.165) is 24.3 Å². The number of carbonyl (C=O) groups is 3. The maximum absolute atomic E-state index is 12.5. The predicted molar refractivity (Wildman–Crippen MR) is 106 cm³/mol. The topological polar surface area (TPSA) is 244 Å². The molecule has 0 amide bonds. The van der Waals surface area contributed by atoms with Gasteiger partial charge in [-0.25, -0.2) is 9.59 Å². The minimum Gasteiger partial charge on any atom is -0.550 e. The summed E-state index contributed by atoms with van der Waals surface area (Å²) in [5.41, 5.74) is -0.856. The van der Waals surface area contributed by atoms with Crippen molar-refractivity contribution in [2.75, 3.05) is 0 Å². The van der Waals surface area contributed by atoms with E-state index in [-0.39, 0.29) is 0 Å². The zero-order valence-corrected chi connectivity index (χ0v) is 17.5. The van der Waals surface area contributed by atoms with Gasteiger partial charge in [0.15, 0.2) is 46.9 Å². The van der Waals surface area contributed by atoms with Crippen molar-refractivity contribution in [1.82, 2.24) is 0 Å². The lowest BCUT2D eigenvalue weighted by atomic mass is 9.99. The van der Waals surface area contributed by atoms with Gasteiger partial charge in [0.05, 0.1) is 11.1 Å². The van der Waals surface area contributed by atoms with Gasteiger partial charge in [-0.15, -0.1) is 0 Å². The van der Waals surface area contributed by atoms with Crippen LogP contribution in [0.5, 0.6) is 34.5 Å². The molecule has 4 unspecified atom stereocenters. The van der Waals surface area contributed by atoms with E-state index in [4.69, 9.17) is 14.2 Å². The van der Waals surface area contributed by atoms with Crippen LogP contribution in [0.25, 0.3) is 0 Å². The number of esters is 2. The Morgan fingerprint density at radius 2 is 1.20 bits per heavy atom. The Kier molecular flexibility index (Phi) is 7.07. The monoisotopic (exact) mass is 495 g/mol. The number of aliphatic carboxylic acids is 1. The summed E-state index contributed by atoms with van der Waals surface area (Å²) < 4.78 is 15.4. The van der Waals surface area contributed by atoms with Crippen LogP contribution < -0.4 is 5.11 Å². The maximum Gasteiger partial charge on any atom is 0.338 e. The number of aromatic hydroxyl groups is 6. The van der Waals surface area contributed by atoms with Crippen LogP contribution >= 0.6 is 0 Å². The highest BCUT2D eigenvalue weighted by molar-refractivity contribution is 5.92. The highest BCUT2D eigenvalue weighted by Crippen LogP contribution is 2.37. The van der Waals surface area contributed by atoms with Crippen LogP contribution in [0.2, 0.25) is 0 Å². The average molecular weight is 495 g/mol. The number of hydrogen-bond acceptors (Lipinski definition) is 14. The molecule has 4 atom stereocenters. The second-order valence-electron chi connectivity index (χ2n) is 7.49. The van der Waals surface area contributed by atoms with Crippen molar-refractivity contribution in [2.45, 2.75) is 37.4 Å². The molecular weight excluding hydrogens is 476 g/mol. The number of carboxylic acids is 1. The number of hydrogen-bond donors (Lipinski definition) is 7. The summed E-state index contributed by atoms with van der Waals surface area (Å²) in [5, 5.41) is 78.3. The quantitative estimate of drug-likeness (QED) is 0.186. The van der Waals surface area contributed by atoms with Gasteiger partial charge in [-0.05, 0) is 24.3 Å². The van der Waals surface area contributed by atoms with Crippen LogP contribution in [0.1, 0.15) is 33.6 Å². The van der Waals surface area contributed by atoms with E-state index in [1.54, 1.807) is 0 Å². The first kappa shape index (κ1) is 25.2. The Morgan fingerprint density at radius 1 is 0.800 bits per heavy atom. The summed E-state index contributed by atoms with van der Waals surface area (Å²) in [6.45, 7) is 0. The zero-order chi connectivity index (χ0) is 26.0. The summed E-state index contributed by atoms with van der Waals surface area (Å²) in [4.78, 5) is 36.0. The van der Waals surface area contributed by atoms with Crippen molar-refractivity contribution in [3.63, 3.8) is 0 Å². The largest absolute Gasteiger partial charge is 0.550 e. The summed E-state index contributed by atoms with van der Waals surface area (Å²) in [6, 6.07) is 3.08. The van der Waals surface area contributed by atoms with Gasteiger partial charge in [0.25, 0.3) is 0 Å². The molecule has 0 aliphatic carbocycles. The highest BCUT2D eigenvalue weighted by atomic mass is 16.7. The second-order valence-corrected chi connectivity index (χ2v) is 7.49. The van der Waals surface area contributed by atoms with E-state index in [9.17, 15) is 55.2 Å². The van der Waals surface area contributed by atoms with Crippen LogP contribution in [-0.2, 0) is 19.0 Å². The Bertz CT molecular complexity index is 1110. The molecular formula is C21H19O14-. The maximum atomic E-state index is 12.5. The number of aliphatic hydroxyl groups is 1. The fourth-order valence-electron chi connectivity index (χ4n) is 3.28. The third kappa shape index (κ3) is 5.56. The number of carbonyl (C=O) groups excluding carboxylic acids is 3. The van der Waals surface area contributed by atoms with Crippen molar-refractivity contribution >= 4 is 17.9 Å². The van der Waals surface area contributed by atoms with Gasteiger partial charge < -0.3 is 59.9 Å². The summed E-state index contributed by atoms with van der Waals surface area (Å²) in [7, 11) is 0. The molecule has 35 heavy (non-hydrogen) atoms. The molecule has 1 aliphatic rings. The van der Waals surface area contributed by atoms with Crippen LogP contribution in [0.3, 0.4) is 0 Å². The lowest BCUT2D eigenvalue weighted by molar-refractivity contribution is -0.313. The molecule has 0 spiro atoms. The SMILES string of the molecule is O=C([O-])CC1OC(O)C(OC(=O)c2cc(O)c(O)c(O)c2)CC1OC(=O)c1cc(O)c(O)c(O)c1. The fourth-order valence-corrected chi connectivity index (χ4v) is 3.28. The Hall–Kier alpha value is -4.43. The molecule has 1 heterocycles. The van der Waals surface area contributed by atoms with Crippen LogP contribution in [0.4, 0.5) is 0 Å². The van der Waals surface area contributed by atoms with Crippen LogP contribution in [0.15, 0.2) is 24.3 Å². The van der Waals surface area contributed by atoms with Gasteiger partial charge in [0.1, 0.15) is 12.2 Å². The smallest absolute Gasteiger partial charge is 0.338 e. The molecule has 0 bridgehead atoms. The third-order valence-electron chi connectivity index (χ3n) is 5.01. The van der Waals surface area contributed by atoms with Gasteiger partial charge in [0.2, 0.25) is 0 Å². The normalized spacial score (nSPS) is 21.7. The molecule has 3 rings (SSSR count). The molecule has 1 saturated heterocycles. The summed E-state index contributed by atoms with van der Waals surface area (Å²) >= 11 is 0. The first-order valence-electron chi connectivity index (χ1n) is 9.82. The van der Waals surface area contributed by atoms with E-state index < -0.39 is 101 Å². The van der Waals surface area contributed by atoms with Gasteiger partial charge in [-0.1, -0.05) is 0 Å². The van der Waals surface area contributed by atoms with E-state index in [2.05, 4.69) is 0 Å². The average Bonchev–Trinajstić information content (AvgIpc) is 2.77. The predicted octanol–water partition coefficient (Wildman–Crippen LogP) is -1.08. The summed E-state index contributed by atoms with van der Waals surface area (Å²) in [6.07, 6.45) is -7.61. The van der Waals surface area contributed by atoms with Crippen LogP contribution in [-0.4, -0.2) is 78.3 Å². The molecule has 1 aliphatic heterocycles. The first-order valence-corrected chi connectivity index (χ1v) is 9.82. The highest BCUT2D eigenvalue weighted by Gasteiger charge is 2.42. The molecule has 7 N–H and O–H groups in total. The number of phenolic OH excluding ortho intramolecular Hbond substituents is 6. The molecule has 0 saturated carbocycles. The van der Waals surface area contributed by atoms with Gasteiger partial charge in [-0.3, -0.25) is 0 Å². The molecule has 0 radical (unpaired) electrons. The number of aliphatic hydroxyl groups excluding tert-OH is 1. The minimum absolute atomic E-state index is 0.426. The van der Waals surface area contributed by atoms with E-state index in [1.807, 2.05) is 0 Å². The van der Waals surface area contributed by atoms with Crippen molar-refractivity contribution in [3.8, 4) is 34.5 Å². The van der Waals surface area contributed by atoms with E-state index in [1.165, 1.54) is 0 Å². The molecule has 188 valence electrons. The van der Waals surface area contributed by atoms with Crippen molar-refractivity contribution in [2.24, 2.45) is 0 Å². The number of phenols is 6. The standard InChI is InChI=1S/C21H20O14/c22-9-1-7(2-10(23)17(9)28)19(30)33-13-5-15(21(32)34-14(13)6-16(26)27)35-20(31)8-3-11(24)18(29)12(25)4-8/h1-4,13-15,21-25,28-29,32H,5-6H2,(H,26,27)/p-1. The Balaban J connectivity index is 1.80. The molecule has 0 aromatic heterocycles. The Labute approximate surface area is 195 Å². The molecule has 2 aromatic carbocycles. The fraction of sp³-hybridized carbons (Fsp3) is 0.286. The molecule has 1 fully saturated rings. The van der Waals surface area contributed by atoms with E-state index in [0.29, 0.717) is 0 Å². The zero-order valence-electron chi connectivity index (χ0n) is 17.5. The minimum atomic E-state index is -1.88. The van der Waals surface area contributed by atoms with Gasteiger partial charge in [0, 0.05) is 18.8 Å². The number of benzene rings is 2. The Morgan fingerprint density at radius 3 is 1.60 bits per heavy atom. The van der Waals surface area contributed by atoms with Crippen LogP contribution in [0, 0.1) is 0 Å². The summed E-state index contributed by atoms with van der Waals surface area (Å²) in [5.74, 6) is -9.13. The number of ether oxygens (including phenoxy) is 3. The first-order chi connectivity index (χ1) is 16.4. The van der Waals surface area contributed by atoms with Gasteiger partial charge in [-0.2, -0.15) is 0 Å². The lowest BCUT2D eigenvalue weighted by Crippen LogP contribution is -2.52. The molecule has 14 heteroatoms. The number of carboxylic acid groups (broad SMARTS) is 1. The third-order valence-corrected chi connectivity index (χ3v) is 5.01. The lowest BCUT2D eigenvalue weighted by Gasteiger charge is -2.38. The molecule has 2 aromatic rings. The van der Waals surface area contributed by atoms with Gasteiger partial charge >= 0.3 is 11.9 Å².